The summed E-state index contributed by atoms with van der Waals surface area (Å²) in [5.74, 6) is 1.51. The molecule has 0 spiro atoms. The van der Waals surface area contributed by atoms with Crippen molar-refractivity contribution in [3.05, 3.63) is 30.1 Å². The zero-order valence-corrected chi connectivity index (χ0v) is 18.5. The number of hydrogen-bond donors (Lipinski definition) is 2. The first-order valence-electron chi connectivity index (χ1n) is 10.8. The van der Waals surface area contributed by atoms with E-state index in [1.807, 2.05) is 39.0 Å². The first-order chi connectivity index (χ1) is 14.3. The third-order valence-electron chi connectivity index (χ3n) is 4.92. The number of anilines is 1. The van der Waals surface area contributed by atoms with Crippen LogP contribution in [0.25, 0.3) is 21.9 Å². The molecule has 2 heterocycles. The molecule has 162 valence electrons. The molecule has 7 heteroatoms. The van der Waals surface area contributed by atoms with Crippen molar-refractivity contribution in [2.24, 2.45) is 0 Å². The molecule has 0 atom stereocenters. The van der Waals surface area contributed by atoms with E-state index in [1.165, 1.54) is 0 Å². The maximum Gasteiger partial charge on any atom is 0.407 e. The van der Waals surface area contributed by atoms with Gasteiger partial charge in [0.15, 0.2) is 5.82 Å². The number of fused-ring (bicyclic) bond motifs is 3. The summed E-state index contributed by atoms with van der Waals surface area (Å²) in [7, 11) is 0. The number of nitrogens with zero attached hydrogens (tertiary/aromatic N) is 3. The molecule has 0 aliphatic carbocycles. The number of ether oxygens (including phenoxy) is 1. The molecule has 1 aromatic carbocycles. The van der Waals surface area contributed by atoms with Gasteiger partial charge in [-0.05, 0) is 46.1 Å². The average Bonchev–Trinajstić information content (AvgIpc) is 3.04. The maximum atomic E-state index is 11.8. The number of aryl methyl sites for hydroxylation is 2. The van der Waals surface area contributed by atoms with Gasteiger partial charge in [-0.15, -0.1) is 0 Å². The molecule has 0 unspecified atom stereocenters. The molecule has 1 amide bonds. The van der Waals surface area contributed by atoms with E-state index in [4.69, 9.17) is 15.5 Å². The van der Waals surface area contributed by atoms with Crippen molar-refractivity contribution < 1.29 is 9.53 Å². The Labute approximate surface area is 178 Å². The second-order valence-corrected chi connectivity index (χ2v) is 8.63. The second kappa shape index (κ2) is 9.32. The van der Waals surface area contributed by atoms with Crippen molar-refractivity contribution in [2.75, 3.05) is 12.3 Å². The van der Waals surface area contributed by atoms with E-state index in [2.05, 4.69) is 27.9 Å². The number of para-hydroxylation sites is 1. The number of nitrogen functional groups attached to an aromatic ring is 1. The van der Waals surface area contributed by atoms with Gasteiger partial charge in [-0.25, -0.2) is 14.8 Å². The van der Waals surface area contributed by atoms with Crippen LogP contribution in [0, 0.1) is 0 Å². The summed E-state index contributed by atoms with van der Waals surface area (Å²) in [6, 6.07) is 8.08. The van der Waals surface area contributed by atoms with Gasteiger partial charge in [0.25, 0.3) is 0 Å². The van der Waals surface area contributed by atoms with E-state index in [0.29, 0.717) is 12.4 Å². The fourth-order valence-corrected chi connectivity index (χ4v) is 3.57. The van der Waals surface area contributed by atoms with Crippen molar-refractivity contribution >= 4 is 33.8 Å². The first kappa shape index (κ1) is 21.9. The smallest absolute Gasteiger partial charge is 0.407 e. The van der Waals surface area contributed by atoms with Crippen LogP contribution in [0.2, 0.25) is 0 Å². The lowest BCUT2D eigenvalue weighted by Crippen LogP contribution is -2.33. The van der Waals surface area contributed by atoms with Crippen LogP contribution in [0.4, 0.5) is 10.6 Å². The minimum Gasteiger partial charge on any atom is -0.444 e. The van der Waals surface area contributed by atoms with E-state index < -0.39 is 5.60 Å². The number of amides is 1. The predicted octanol–water partition coefficient (Wildman–Crippen LogP) is 4.81. The third kappa shape index (κ3) is 5.20. The van der Waals surface area contributed by atoms with Gasteiger partial charge < -0.3 is 20.4 Å². The fraction of sp³-hybridized carbons (Fsp3) is 0.522. The Balaban J connectivity index is 1.74. The van der Waals surface area contributed by atoms with Crippen LogP contribution >= 0.6 is 0 Å². The Hall–Kier alpha value is -2.83. The van der Waals surface area contributed by atoms with Gasteiger partial charge in [0.2, 0.25) is 0 Å². The highest BCUT2D eigenvalue weighted by Gasteiger charge is 2.17. The van der Waals surface area contributed by atoms with Gasteiger partial charge in [0.1, 0.15) is 16.9 Å². The van der Waals surface area contributed by atoms with Crippen molar-refractivity contribution in [2.45, 2.75) is 71.9 Å². The Morgan fingerprint density at radius 2 is 1.93 bits per heavy atom. The topological polar surface area (TPSA) is 95.1 Å². The molecule has 0 bridgehead atoms. The Morgan fingerprint density at radius 1 is 1.17 bits per heavy atom. The van der Waals surface area contributed by atoms with E-state index in [-0.39, 0.29) is 6.09 Å². The molecule has 0 aliphatic rings. The van der Waals surface area contributed by atoms with Gasteiger partial charge in [-0.3, -0.25) is 0 Å². The van der Waals surface area contributed by atoms with Crippen molar-refractivity contribution in [3.63, 3.8) is 0 Å². The second-order valence-electron chi connectivity index (χ2n) is 8.63. The maximum absolute atomic E-state index is 11.8. The lowest BCUT2D eigenvalue weighted by molar-refractivity contribution is 0.0527. The van der Waals surface area contributed by atoms with Crippen molar-refractivity contribution in [1.29, 1.82) is 0 Å². The van der Waals surface area contributed by atoms with Crippen LogP contribution in [-0.4, -0.2) is 32.8 Å². The summed E-state index contributed by atoms with van der Waals surface area (Å²) in [5, 5.41) is 3.90. The van der Waals surface area contributed by atoms with E-state index >= 15 is 0 Å². The predicted molar refractivity (Wildman–Crippen MR) is 122 cm³/mol. The van der Waals surface area contributed by atoms with Gasteiger partial charge in [0.05, 0.1) is 11.0 Å². The summed E-state index contributed by atoms with van der Waals surface area (Å²) in [4.78, 5) is 21.2. The summed E-state index contributed by atoms with van der Waals surface area (Å²) in [5.41, 5.74) is 8.52. The number of aromatic nitrogens is 3. The molecule has 0 aliphatic heterocycles. The summed E-state index contributed by atoms with van der Waals surface area (Å²) < 4.78 is 7.58. The van der Waals surface area contributed by atoms with Crippen LogP contribution in [-0.2, 0) is 17.7 Å². The minimum absolute atomic E-state index is 0.372. The third-order valence-corrected chi connectivity index (χ3v) is 4.92. The number of nitrogens with two attached hydrogens (primary N) is 1. The molecule has 3 rings (SSSR count). The fourth-order valence-electron chi connectivity index (χ4n) is 3.57. The highest BCUT2D eigenvalue weighted by molar-refractivity contribution is 6.06. The number of unbranched alkanes of at least 4 members (excludes halogenated alkanes) is 2. The quantitative estimate of drug-likeness (QED) is 0.519. The molecular weight excluding hydrogens is 378 g/mol. The van der Waals surface area contributed by atoms with E-state index in [1.54, 1.807) is 0 Å². The number of pyridine rings is 1. The molecule has 2 aromatic heterocycles. The van der Waals surface area contributed by atoms with Crippen LogP contribution in [0.15, 0.2) is 24.3 Å². The normalized spacial score (nSPS) is 11.9. The molecule has 7 nitrogen and oxygen atoms in total. The highest BCUT2D eigenvalue weighted by atomic mass is 16.6. The van der Waals surface area contributed by atoms with Crippen LogP contribution in [0.1, 0.15) is 59.2 Å². The largest absolute Gasteiger partial charge is 0.444 e. The number of rotatable bonds is 8. The standard InChI is InChI=1S/C23H33N5O2/c1-5-6-15-28-18(13-9-10-14-25-22(29)30-23(2,3)4)27-19-20(28)16-11-7-8-12-17(16)26-21(19)24/h7-8,11-12H,5-6,9-10,13-15H2,1-4H3,(H2,24,26)(H,25,29). The first-order valence-corrected chi connectivity index (χ1v) is 10.8. The SMILES string of the molecule is CCCCn1c(CCCCNC(=O)OC(C)(C)C)nc2c(N)nc3ccccc3c21. The lowest BCUT2D eigenvalue weighted by Gasteiger charge is -2.19. The Kier molecular flexibility index (Phi) is 6.80. The summed E-state index contributed by atoms with van der Waals surface area (Å²) in [6.45, 7) is 9.25. The number of benzene rings is 1. The number of alkyl carbamates (subject to hydrolysis) is 1. The molecule has 0 saturated carbocycles. The van der Waals surface area contributed by atoms with E-state index in [9.17, 15) is 4.79 Å². The molecule has 3 N–H and O–H groups in total. The summed E-state index contributed by atoms with van der Waals surface area (Å²) in [6.07, 6.45) is 4.40. The molecule has 0 fully saturated rings. The molecule has 3 aromatic rings. The van der Waals surface area contributed by atoms with Gasteiger partial charge >= 0.3 is 6.09 Å². The van der Waals surface area contributed by atoms with Crippen LogP contribution in [0.5, 0.6) is 0 Å². The molecular formula is C23H33N5O2. The van der Waals surface area contributed by atoms with Crippen LogP contribution < -0.4 is 11.1 Å². The number of nitrogens with one attached hydrogen (secondary N) is 1. The highest BCUT2D eigenvalue weighted by Crippen LogP contribution is 2.29. The minimum atomic E-state index is -0.481. The lowest BCUT2D eigenvalue weighted by atomic mass is 10.2. The Morgan fingerprint density at radius 3 is 2.67 bits per heavy atom. The van der Waals surface area contributed by atoms with Crippen LogP contribution in [0.3, 0.4) is 0 Å². The molecule has 30 heavy (non-hydrogen) atoms. The zero-order chi connectivity index (χ0) is 21.7. The molecule has 0 saturated heterocycles. The Bertz CT molecular complexity index is 1020. The number of imidazole rings is 1. The summed E-state index contributed by atoms with van der Waals surface area (Å²) >= 11 is 0. The van der Waals surface area contributed by atoms with Crippen molar-refractivity contribution in [3.8, 4) is 0 Å². The number of carbonyl (C=O) groups is 1. The van der Waals surface area contributed by atoms with Gasteiger partial charge in [0, 0.05) is 24.9 Å². The van der Waals surface area contributed by atoms with Crippen molar-refractivity contribution in [1.82, 2.24) is 19.9 Å². The monoisotopic (exact) mass is 411 g/mol. The molecule has 0 radical (unpaired) electrons. The van der Waals surface area contributed by atoms with Gasteiger partial charge in [-0.2, -0.15) is 0 Å². The zero-order valence-electron chi connectivity index (χ0n) is 18.5. The van der Waals surface area contributed by atoms with Gasteiger partial charge in [-0.1, -0.05) is 31.5 Å². The van der Waals surface area contributed by atoms with E-state index in [0.717, 1.165) is 66.4 Å². The number of hydrogen-bond acceptors (Lipinski definition) is 5. The average molecular weight is 412 g/mol. The number of carbonyl (C=O) groups excluding carboxylic acids is 1.